The van der Waals surface area contributed by atoms with E-state index in [1.54, 1.807) is 4.90 Å². The number of carboxylic acid groups (broad SMARTS) is 1. The lowest BCUT2D eigenvalue weighted by atomic mass is 10.1. The van der Waals surface area contributed by atoms with Crippen LogP contribution in [0.3, 0.4) is 0 Å². The Bertz CT molecular complexity index is 455. The summed E-state index contributed by atoms with van der Waals surface area (Å²) >= 11 is 0. The Balaban J connectivity index is 2.32. The van der Waals surface area contributed by atoms with Crippen molar-refractivity contribution in [1.82, 2.24) is 0 Å². The van der Waals surface area contributed by atoms with Crippen molar-refractivity contribution in [2.24, 2.45) is 0 Å². The minimum atomic E-state index is -1.60. The van der Waals surface area contributed by atoms with E-state index in [2.05, 4.69) is 0 Å². The second kappa shape index (κ2) is 4.89. The Hall–Kier alpha value is -1.69. The Labute approximate surface area is 103 Å². The molecule has 0 bridgehead atoms. The van der Waals surface area contributed by atoms with Crippen molar-refractivity contribution in [1.29, 1.82) is 0 Å². The molecule has 0 aromatic heterocycles. The molecule has 1 aromatic carbocycles. The Morgan fingerprint density at radius 3 is 2.56 bits per heavy atom. The molecule has 0 radical (unpaired) electrons. The van der Waals surface area contributed by atoms with Gasteiger partial charge in [-0.3, -0.25) is 0 Å². The summed E-state index contributed by atoms with van der Waals surface area (Å²) in [6, 6.07) is 2.09. The van der Waals surface area contributed by atoms with Gasteiger partial charge in [0.15, 0.2) is 0 Å². The average Bonchev–Trinajstić information content (AvgIpc) is 2.27. The SMILES string of the molecule is C[C@@H]1CN(c2cc(F)c(C(=O)O)c(F)c2)CCO1. The van der Waals surface area contributed by atoms with Gasteiger partial charge in [-0.2, -0.15) is 0 Å². The number of morpholine rings is 1. The van der Waals surface area contributed by atoms with Crippen molar-refractivity contribution in [2.75, 3.05) is 24.6 Å². The first-order valence-corrected chi connectivity index (χ1v) is 5.58. The van der Waals surface area contributed by atoms with Gasteiger partial charge in [-0.15, -0.1) is 0 Å². The van der Waals surface area contributed by atoms with Crippen molar-refractivity contribution in [2.45, 2.75) is 13.0 Å². The monoisotopic (exact) mass is 257 g/mol. The smallest absolute Gasteiger partial charge is 0.341 e. The predicted molar refractivity (Wildman–Crippen MR) is 60.9 cm³/mol. The van der Waals surface area contributed by atoms with Crippen LogP contribution in [0, 0.1) is 11.6 Å². The zero-order valence-electron chi connectivity index (χ0n) is 9.82. The third kappa shape index (κ3) is 2.43. The lowest BCUT2D eigenvalue weighted by Crippen LogP contribution is -2.41. The van der Waals surface area contributed by atoms with E-state index < -0.39 is 23.2 Å². The normalized spacial score (nSPS) is 19.9. The van der Waals surface area contributed by atoms with Gasteiger partial charge in [-0.05, 0) is 19.1 Å². The molecule has 0 unspecified atom stereocenters. The Kier molecular flexibility index (Phi) is 3.47. The summed E-state index contributed by atoms with van der Waals surface area (Å²) in [7, 11) is 0. The molecule has 1 atom stereocenters. The molecule has 1 heterocycles. The molecular weight excluding hydrogens is 244 g/mol. The van der Waals surface area contributed by atoms with Crippen LogP contribution in [0.1, 0.15) is 17.3 Å². The summed E-state index contributed by atoms with van der Waals surface area (Å²) in [5, 5.41) is 8.68. The zero-order chi connectivity index (χ0) is 13.3. The molecule has 1 saturated heterocycles. The highest BCUT2D eigenvalue weighted by Crippen LogP contribution is 2.23. The fourth-order valence-corrected chi connectivity index (χ4v) is 2.00. The highest BCUT2D eigenvalue weighted by Gasteiger charge is 2.22. The van der Waals surface area contributed by atoms with Crippen molar-refractivity contribution in [3.8, 4) is 0 Å². The van der Waals surface area contributed by atoms with Crippen LogP contribution in [0.2, 0.25) is 0 Å². The van der Waals surface area contributed by atoms with Gasteiger partial charge in [0, 0.05) is 18.8 Å². The van der Waals surface area contributed by atoms with E-state index in [9.17, 15) is 13.6 Å². The van der Waals surface area contributed by atoms with Crippen molar-refractivity contribution in [3.63, 3.8) is 0 Å². The first-order valence-electron chi connectivity index (χ1n) is 5.58. The fourth-order valence-electron chi connectivity index (χ4n) is 2.00. The Morgan fingerprint density at radius 1 is 1.44 bits per heavy atom. The maximum atomic E-state index is 13.5. The van der Waals surface area contributed by atoms with E-state index in [-0.39, 0.29) is 6.10 Å². The van der Waals surface area contributed by atoms with Gasteiger partial charge in [0.1, 0.15) is 17.2 Å². The molecule has 1 N–H and O–H groups in total. The zero-order valence-corrected chi connectivity index (χ0v) is 9.82. The molecule has 0 aliphatic carbocycles. The lowest BCUT2D eigenvalue weighted by molar-refractivity contribution is 0.0531. The summed E-state index contributed by atoms with van der Waals surface area (Å²) in [6.07, 6.45) is -0.0241. The van der Waals surface area contributed by atoms with Crippen LogP contribution >= 0.6 is 0 Å². The van der Waals surface area contributed by atoms with Gasteiger partial charge < -0.3 is 14.7 Å². The average molecular weight is 257 g/mol. The van der Waals surface area contributed by atoms with Crippen LogP contribution in [0.15, 0.2) is 12.1 Å². The maximum absolute atomic E-state index is 13.5. The number of rotatable bonds is 2. The molecule has 2 rings (SSSR count). The third-order valence-corrected chi connectivity index (χ3v) is 2.85. The lowest BCUT2D eigenvalue weighted by Gasteiger charge is -2.33. The number of ether oxygens (including phenoxy) is 1. The fraction of sp³-hybridized carbons (Fsp3) is 0.417. The molecule has 0 saturated carbocycles. The predicted octanol–water partition coefficient (Wildman–Crippen LogP) is 1.89. The summed E-state index contributed by atoms with van der Waals surface area (Å²) < 4.78 is 32.4. The van der Waals surface area contributed by atoms with E-state index in [4.69, 9.17) is 9.84 Å². The first kappa shape index (κ1) is 12.8. The van der Waals surface area contributed by atoms with Gasteiger partial charge >= 0.3 is 5.97 Å². The molecule has 4 nitrogen and oxygen atoms in total. The number of halogens is 2. The summed E-state index contributed by atoms with van der Waals surface area (Å²) in [6.45, 7) is 3.39. The van der Waals surface area contributed by atoms with Gasteiger partial charge in [0.2, 0.25) is 0 Å². The number of benzene rings is 1. The molecule has 1 aromatic rings. The molecule has 98 valence electrons. The van der Waals surface area contributed by atoms with Crippen LogP contribution in [0.25, 0.3) is 0 Å². The van der Waals surface area contributed by atoms with Crippen LogP contribution in [0.4, 0.5) is 14.5 Å². The molecule has 0 amide bonds. The van der Waals surface area contributed by atoms with E-state index in [1.807, 2.05) is 6.92 Å². The van der Waals surface area contributed by atoms with Crippen molar-refractivity contribution in [3.05, 3.63) is 29.3 Å². The molecule has 1 aliphatic heterocycles. The number of carbonyl (C=O) groups is 1. The Morgan fingerprint density at radius 2 is 2.06 bits per heavy atom. The molecular formula is C12H13F2NO3. The quantitative estimate of drug-likeness (QED) is 0.879. The minimum Gasteiger partial charge on any atom is -0.477 e. The topological polar surface area (TPSA) is 49.8 Å². The van der Waals surface area contributed by atoms with Gasteiger partial charge in [-0.25, -0.2) is 13.6 Å². The number of aromatic carboxylic acids is 1. The van der Waals surface area contributed by atoms with Crippen LogP contribution in [-0.2, 0) is 4.74 Å². The minimum absolute atomic E-state index is 0.0241. The first-order chi connectivity index (χ1) is 8.49. The summed E-state index contributed by atoms with van der Waals surface area (Å²) in [4.78, 5) is 12.4. The van der Waals surface area contributed by atoms with Gasteiger partial charge in [-0.1, -0.05) is 0 Å². The van der Waals surface area contributed by atoms with Gasteiger partial charge in [0.25, 0.3) is 0 Å². The number of carboxylic acids is 1. The number of hydrogen-bond acceptors (Lipinski definition) is 3. The molecule has 18 heavy (non-hydrogen) atoms. The van der Waals surface area contributed by atoms with Crippen molar-refractivity contribution < 1.29 is 23.4 Å². The van der Waals surface area contributed by atoms with E-state index in [0.29, 0.717) is 25.4 Å². The standard InChI is InChI=1S/C12H13F2NO3/c1-7-6-15(2-3-18-7)8-4-9(13)11(12(16)17)10(14)5-8/h4-5,7H,2-3,6H2,1H3,(H,16,17)/t7-/m1/s1. The number of nitrogens with zero attached hydrogens (tertiary/aromatic N) is 1. The second-order valence-corrected chi connectivity index (χ2v) is 4.22. The highest BCUT2D eigenvalue weighted by atomic mass is 19.1. The third-order valence-electron chi connectivity index (χ3n) is 2.85. The summed E-state index contributed by atoms with van der Waals surface area (Å²) in [5.74, 6) is -3.72. The van der Waals surface area contributed by atoms with Crippen LogP contribution in [0.5, 0.6) is 0 Å². The van der Waals surface area contributed by atoms with Gasteiger partial charge in [0.05, 0.1) is 12.7 Å². The summed E-state index contributed by atoms with van der Waals surface area (Å²) in [5.41, 5.74) is -0.579. The van der Waals surface area contributed by atoms with E-state index >= 15 is 0 Å². The highest BCUT2D eigenvalue weighted by molar-refractivity contribution is 5.88. The van der Waals surface area contributed by atoms with E-state index in [0.717, 1.165) is 12.1 Å². The largest absolute Gasteiger partial charge is 0.477 e. The van der Waals surface area contributed by atoms with Crippen LogP contribution < -0.4 is 4.90 Å². The maximum Gasteiger partial charge on any atom is 0.341 e. The van der Waals surface area contributed by atoms with Crippen LogP contribution in [-0.4, -0.2) is 36.9 Å². The number of hydrogen-bond donors (Lipinski definition) is 1. The van der Waals surface area contributed by atoms with Crippen molar-refractivity contribution >= 4 is 11.7 Å². The van der Waals surface area contributed by atoms with E-state index in [1.165, 1.54) is 0 Å². The molecule has 1 fully saturated rings. The molecule has 6 heteroatoms. The number of anilines is 1. The molecule has 1 aliphatic rings. The molecule has 0 spiro atoms. The second-order valence-electron chi connectivity index (χ2n) is 4.22.